The number of hydrogen-bond donors (Lipinski definition) is 1. The van der Waals surface area contributed by atoms with Crippen molar-refractivity contribution in [1.82, 2.24) is 0 Å². The molecule has 148 valence electrons. The van der Waals surface area contributed by atoms with Crippen LogP contribution in [0.3, 0.4) is 0 Å². The molecule has 0 saturated carbocycles. The largest absolute Gasteiger partial charge is 0.426 e. The Balaban J connectivity index is 2.17. The third-order valence-corrected chi connectivity index (χ3v) is 4.48. The van der Waals surface area contributed by atoms with Crippen molar-refractivity contribution >= 4 is 16.4 Å². The van der Waals surface area contributed by atoms with E-state index in [-0.39, 0.29) is 6.42 Å². The van der Waals surface area contributed by atoms with Gasteiger partial charge in [0.15, 0.2) is 0 Å². The molecule has 1 N–H and O–H groups in total. The summed E-state index contributed by atoms with van der Waals surface area (Å²) in [6.07, 6.45) is 11.0. The molecule has 0 fully saturated rings. The molecule has 0 heterocycles. The van der Waals surface area contributed by atoms with Crippen molar-refractivity contribution in [3.63, 3.8) is 0 Å². The van der Waals surface area contributed by atoms with Crippen LogP contribution in [0.15, 0.2) is 24.3 Å². The number of rotatable bonds is 14. The molecule has 0 aliphatic rings. The number of ether oxygens (including phenoxy) is 1. The van der Waals surface area contributed by atoms with Crippen LogP contribution in [0.4, 0.5) is 0 Å². The van der Waals surface area contributed by atoms with Gasteiger partial charge in [-0.1, -0.05) is 64.0 Å². The molecule has 0 atom stereocenters. The fraction of sp³-hybridized carbons (Fsp3) is 0.632. The molecule has 6 nitrogen and oxygen atoms in total. The Morgan fingerprint density at radius 1 is 0.962 bits per heavy atom. The molecule has 7 heteroatoms. The molecule has 0 aliphatic carbocycles. The third kappa shape index (κ3) is 12.0. The van der Waals surface area contributed by atoms with E-state index in [1.165, 1.54) is 50.5 Å². The Labute approximate surface area is 156 Å². The maximum atomic E-state index is 11.5. The third-order valence-electron chi connectivity index (χ3n) is 4.01. The molecule has 0 saturated heterocycles. The molecule has 0 aromatic heterocycles. The lowest BCUT2D eigenvalue weighted by atomic mass is 10.0. The highest BCUT2D eigenvalue weighted by molar-refractivity contribution is 7.80. The molecule has 1 aromatic rings. The van der Waals surface area contributed by atoms with Crippen LogP contribution in [0.5, 0.6) is 5.75 Å². The number of unbranched alkanes of at least 4 members (excludes halogenated alkanes) is 7. The first kappa shape index (κ1) is 22.6. The normalized spacial score (nSPS) is 11.5. The average molecular weight is 387 g/mol. The van der Waals surface area contributed by atoms with Crippen LogP contribution in [0.2, 0.25) is 0 Å². The summed E-state index contributed by atoms with van der Waals surface area (Å²) in [4.78, 5) is 11.5. The lowest BCUT2D eigenvalue weighted by molar-refractivity contribution is -0.134. The Morgan fingerprint density at radius 3 is 2.12 bits per heavy atom. The number of benzene rings is 1. The Hall–Kier alpha value is -1.44. The molecule has 0 radical (unpaired) electrons. The zero-order valence-electron chi connectivity index (χ0n) is 15.5. The van der Waals surface area contributed by atoms with Crippen LogP contribution in [0, 0.1) is 0 Å². The van der Waals surface area contributed by atoms with Gasteiger partial charge in [-0.25, -0.2) is 4.18 Å². The van der Waals surface area contributed by atoms with Gasteiger partial charge in [0, 0.05) is 0 Å². The molecule has 1 rings (SSSR count). The summed E-state index contributed by atoms with van der Waals surface area (Å²) in [6, 6.07) is 7.31. The number of hydrogen-bond acceptors (Lipinski definition) is 5. The molecule has 1 aromatic carbocycles. The van der Waals surface area contributed by atoms with Gasteiger partial charge >= 0.3 is 16.4 Å². The molecule has 26 heavy (non-hydrogen) atoms. The van der Waals surface area contributed by atoms with Gasteiger partial charge in [-0.15, -0.1) is 0 Å². The SMILES string of the molecule is CCCCCCCCCCc1ccc(OC(=O)CCOS(=O)(=O)O)cc1. The van der Waals surface area contributed by atoms with Crippen molar-refractivity contribution in [1.29, 1.82) is 0 Å². The first-order chi connectivity index (χ1) is 12.4. The van der Waals surface area contributed by atoms with Crippen LogP contribution >= 0.6 is 0 Å². The number of carbonyl (C=O) groups excluding carboxylic acids is 1. The quantitative estimate of drug-likeness (QED) is 0.219. The lowest BCUT2D eigenvalue weighted by Crippen LogP contribution is -2.13. The highest BCUT2D eigenvalue weighted by atomic mass is 32.3. The van der Waals surface area contributed by atoms with Gasteiger partial charge in [-0.05, 0) is 30.5 Å². The van der Waals surface area contributed by atoms with E-state index >= 15 is 0 Å². The van der Waals surface area contributed by atoms with Gasteiger partial charge in [-0.3, -0.25) is 9.35 Å². The predicted molar refractivity (Wildman–Crippen MR) is 101 cm³/mol. The van der Waals surface area contributed by atoms with Gasteiger partial charge in [0.2, 0.25) is 0 Å². The summed E-state index contributed by atoms with van der Waals surface area (Å²) in [5, 5.41) is 0. The molecular formula is C19H30O6S. The number of esters is 1. The Kier molecular flexibility index (Phi) is 11.2. The van der Waals surface area contributed by atoms with Gasteiger partial charge in [0.1, 0.15) is 5.75 Å². The molecule has 0 spiro atoms. The van der Waals surface area contributed by atoms with E-state index in [1.54, 1.807) is 12.1 Å². The molecule has 0 amide bonds. The van der Waals surface area contributed by atoms with E-state index in [1.807, 2.05) is 12.1 Å². The second-order valence-electron chi connectivity index (χ2n) is 6.34. The maximum Gasteiger partial charge on any atom is 0.397 e. The van der Waals surface area contributed by atoms with Gasteiger partial charge in [0.05, 0.1) is 13.0 Å². The fourth-order valence-electron chi connectivity index (χ4n) is 2.60. The monoisotopic (exact) mass is 386 g/mol. The summed E-state index contributed by atoms with van der Waals surface area (Å²) >= 11 is 0. The Morgan fingerprint density at radius 2 is 1.54 bits per heavy atom. The molecule has 0 aliphatic heterocycles. The molecular weight excluding hydrogens is 356 g/mol. The van der Waals surface area contributed by atoms with Crippen molar-refractivity contribution in [2.45, 2.75) is 71.1 Å². The van der Waals surface area contributed by atoms with Crippen molar-refractivity contribution < 1.29 is 26.7 Å². The van der Waals surface area contributed by atoms with E-state index in [4.69, 9.17) is 9.29 Å². The summed E-state index contributed by atoms with van der Waals surface area (Å²) in [5.74, 6) is -0.217. The Bertz CT molecular complexity index is 609. The maximum absolute atomic E-state index is 11.5. The first-order valence-electron chi connectivity index (χ1n) is 9.32. The van der Waals surface area contributed by atoms with Crippen LogP contribution in [-0.2, 0) is 25.8 Å². The highest BCUT2D eigenvalue weighted by Crippen LogP contribution is 2.16. The fourth-order valence-corrected chi connectivity index (χ4v) is 2.89. The number of aryl methyl sites for hydroxylation is 1. The van der Waals surface area contributed by atoms with Crippen LogP contribution in [0.25, 0.3) is 0 Å². The highest BCUT2D eigenvalue weighted by Gasteiger charge is 2.09. The lowest BCUT2D eigenvalue weighted by Gasteiger charge is -2.06. The molecule has 0 unspecified atom stereocenters. The van der Waals surface area contributed by atoms with Gasteiger partial charge in [-0.2, -0.15) is 8.42 Å². The van der Waals surface area contributed by atoms with Crippen LogP contribution in [0.1, 0.15) is 70.3 Å². The minimum Gasteiger partial charge on any atom is -0.426 e. The van der Waals surface area contributed by atoms with E-state index in [0.29, 0.717) is 5.75 Å². The minimum absolute atomic E-state index is 0.264. The second-order valence-corrected chi connectivity index (χ2v) is 7.43. The zero-order chi connectivity index (χ0) is 19.3. The summed E-state index contributed by atoms with van der Waals surface area (Å²) in [7, 11) is -4.53. The standard InChI is InChI=1S/C19H30O6S/c1-2-3-4-5-6-7-8-9-10-17-11-13-18(14-12-17)25-19(20)15-16-24-26(21,22)23/h11-14H,2-10,15-16H2,1H3,(H,21,22,23). The summed E-state index contributed by atoms with van der Waals surface area (Å²) in [6.45, 7) is 1.78. The second kappa shape index (κ2) is 12.8. The molecule has 0 bridgehead atoms. The zero-order valence-corrected chi connectivity index (χ0v) is 16.3. The predicted octanol–water partition coefficient (Wildman–Crippen LogP) is 4.48. The van der Waals surface area contributed by atoms with E-state index in [9.17, 15) is 13.2 Å². The van der Waals surface area contributed by atoms with Gasteiger partial charge in [0.25, 0.3) is 0 Å². The summed E-state index contributed by atoms with van der Waals surface area (Å²) < 4.78 is 38.3. The van der Waals surface area contributed by atoms with Crippen molar-refractivity contribution in [2.75, 3.05) is 6.61 Å². The number of carbonyl (C=O) groups is 1. The average Bonchev–Trinajstić information content (AvgIpc) is 2.57. The van der Waals surface area contributed by atoms with Crippen molar-refractivity contribution in [3.8, 4) is 5.75 Å². The van der Waals surface area contributed by atoms with Crippen molar-refractivity contribution in [2.24, 2.45) is 0 Å². The van der Waals surface area contributed by atoms with Crippen molar-refractivity contribution in [3.05, 3.63) is 29.8 Å². The van der Waals surface area contributed by atoms with E-state index in [0.717, 1.165) is 12.8 Å². The smallest absolute Gasteiger partial charge is 0.397 e. The first-order valence-corrected chi connectivity index (χ1v) is 10.7. The van der Waals surface area contributed by atoms with E-state index < -0.39 is 23.0 Å². The van der Waals surface area contributed by atoms with E-state index in [2.05, 4.69) is 11.1 Å². The van der Waals surface area contributed by atoms with Gasteiger partial charge < -0.3 is 4.74 Å². The summed E-state index contributed by atoms with van der Waals surface area (Å²) in [5.41, 5.74) is 1.20. The van der Waals surface area contributed by atoms with Crippen LogP contribution in [-0.4, -0.2) is 25.5 Å². The van der Waals surface area contributed by atoms with Crippen LogP contribution < -0.4 is 4.74 Å². The topological polar surface area (TPSA) is 89.9 Å². The minimum atomic E-state index is -4.53.